The van der Waals surface area contributed by atoms with Crippen molar-refractivity contribution in [1.82, 2.24) is 5.43 Å². The van der Waals surface area contributed by atoms with E-state index in [1.165, 1.54) is 10.8 Å². The lowest BCUT2D eigenvalue weighted by molar-refractivity contribution is 0.252. The molecule has 33 heavy (non-hydrogen) atoms. The molecule has 4 aromatic carbocycles. The molecule has 0 spiro atoms. The van der Waals surface area contributed by atoms with Gasteiger partial charge in [-0.1, -0.05) is 60.7 Å². The van der Waals surface area contributed by atoms with E-state index >= 15 is 0 Å². The Morgan fingerprint density at radius 1 is 0.970 bits per heavy atom. The highest BCUT2D eigenvalue weighted by Gasteiger charge is 2.10. The number of carbonyl (C=O) groups excluding carboxylic acids is 1. The summed E-state index contributed by atoms with van der Waals surface area (Å²) in [7, 11) is 0. The lowest BCUT2D eigenvalue weighted by atomic mass is 10.1. The first kappa shape index (κ1) is 23.5. The molecular formula is C26H21I2N3O2. The minimum Gasteiger partial charge on any atom is -0.487 e. The van der Waals surface area contributed by atoms with Gasteiger partial charge in [0, 0.05) is 5.69 Å². The van der Waals surface area contributed by atoms with E-state index in [9.17, 15) is 4.79 Å². The number of nitrogens with zero attached hydrogens (tertiary/aromatic N) is 1. The molecule has 0 bridgehead atoms. The van der Waals surface area contributed by atoms with Crippen molar-refractivity contribution in [2.24, 2.45) is 5.10 Å². The monoisotopic (exact) mass is 661 g/mol. The molecular weight excluding hydrogens is 640 g/mol. The Hall–Kier alpha value is -2.66. The predicted molar refractivity (Wildman–Crippen MR) is 151 cm³/mol. The van der Waals surface area contributed by atoms with Crippen LogP contribution in [0, 0.1) is 14.1 Å². The van der Waals surface area contributed by atoms with Crippen LogP contribution in [0.2, 0.25) is 0 Å². The van der Waals surface area contributed by atoms with Gasteiger partial charge in [-0.3, -0.25) is 0 Å². The number of aryl methyl sites for hydroxylation is 1. The number of hydrogen-bond acceptors (Lipinski definition) is 3. The topological polar surface area (TPSA) is 62.7 Å². The lowest BCUT2D eigenvalue weighted by Crippen LogP contribution is -2.24. The average Bonchev–Trinajstić information content (AvgIpc) is 2.80. The molecule has 0 heterocycles. The number of nitrogens with one attached hydrogen (secondary N) is 2. The maximum atomic E-state index is 12.1. The Labute approximate surface area is 219 Å². The minimum absolute atomic E-state index is 0.389. The summed E-state index contributed by atoms with van der Waals surface area (Å²) in [5.74, 6) is 0.839. The normalized spacial score (nSPS) is 11.0. The van der Waals surface area contributed by atoms with Gasteiger partial charge in [-0.15, -0.1) is 0 Å². The Balaban J connectivity index is 1.40. The zero-order valence-electron chi connectivity index (χ0n) is 17.8. The van der Waals surface area contributed by atoms with Gasteiger partial charge in [0.15, 0.2) is 0 Å². The van der Waals surface area contributed by atoms with Crippen molar-refractivity contribution in [3.8, 4) is 5.75 Å². The van der Waals surface area contributed by atoms with Crippen molar-refractivity contribution in [1.29, 1.82) is 0 Å². The van der Waals surface area contributed by atoms with E-state index in [0.717, 1.165) is 35.3 Å². The molecule has 0 unspecified atom stereocenters. The van der Waals surface area contributed by atoms with Crippen LogP contribution < -0.4 is 15.5 Å². The number of para-hydroxylation sites is 1. The third kappa shape index (κ3) is 6.02. The Morgan fingerprint density at radius 2 is 1.67 bits per heavy atom. The van der Waals surface area contributed by atoms with Crippen LogP contribution in [0.25, 0.3) is 10.8 Å². The highest BCUT2D eigenvalue weighted by atomic mass is 127. The molecule has 0 saturated heterocycles. The molecule has 0 aliphatic rings. The van der Waals surface area contributed by atoms with Crippen molar-refractivity contribution in [2.75, 3.05) is 5.32 Å². The van der Waals surface area contributed by atoms with Gasteiger partial charge < -0.3 is 10.1 Å². The first-order chi connectivity index (χ1) is 16.0. The molecule has 5 nitrogen and oxygen atoms in total. The molecule has 4 rings (SSSR count). The molecule has 0 radical (unpaired) electrons. The third-order valence-electron chi connectivity index (χ3n) is 5.05. The summed E-state index contributed by atoms with van der Waals surface area (Å²) in [5, 5.41) is 9.26. The van der Waals surface area contributed by atoms with Crippen LogP contribution in [0.15, 0.2) is 84.0 Å². The molecule has 0 fully saturated rings. The van der Waals surface area contributed by atoms with Crippen LogP contribution in [0.4, 0.5) is 10.5 Å². The second-order valence-corrected chi connectivity index (χ2v) is 9.70. The lowest BCUT2D eigenvalue weighted by Gasteiger charge is -2.13. The van der Waals surface area contributed by atoms with E-state index < -0.39 is 0 Å². The van der Waals surface area contributed by atoms with Gasteiger partial charge in [0.05, 0.1) is 13.4 Å². The third-order valence-corrected chi connectivity index (χ3v) is 6.65. The average molecular weight is 661 g/mol. The predicted octanol–water partition coefficient (Wildman–Crippen LogP) is 7.09. The first-order valence-corrected chi connectivity index (χ1v) is 12.4. The van der Waals surface area contributed by atoms with E-state index in [1.54, 1.807) is 6.21 Å². The molecule has 166 valence electrons. The first-order valence-electron chi connectivity index (χ1n) is 10.3. The molecule has 0 saturated carbocycles. The van der Waals surface area contributed by atoms with Gasteiger partial charge in [-0.05, 0) is 97.8 Å². The minimum atomic E-state index is -0.389. The summed E-state index contributed by atoms with van der Waals surface area (Å²) in [5.41, 5.74) is 6.27. The number of carbonyl (C=O) groups is 1. The fraction of sp³-hybridized carbons (Fsp3) is 0.0769. The van der Waals surface area contributed by atoms with Crippen molar-refractivity contribution < 1.29 is 9.53 Å². The molecule has 7 heteroatoms. The van der Waals surface area contributed by atoms with E-state index in [2.05, 4.69) is 91.4 Å². The zero-order chi connectivity index (χ0) is 23.2. The van der Waals surface area contributed by atoms with Crippen LogP contribution in [0.3, 0.4) is 0 Å². The second kappa shape index (κ2) is 11.0. The zero-order valence-corrected chi connectivity index (χ0v) is 22.1. The highest BCUT2D eigenvalue weighted by molar-refractivity contribution is 14.1. The molecule has 4 aromatic rings. The SMILES string of the molecule is Cc1ccccc1NC(=O)NN=Cc1cc(I)c(OCc2cccc3ccccc23)c(I)c1. The van der Waals surface area contributed by atoms with Crippen molar-refractivity contribution in [2.45, 2.75) is 13.5 Å². The van der Waals surface area contributed by atoms with Gasteiger partial charge in [-0.2, -0.15) is 5.10 Å². The van der Waals surface area contributed by atoms with Gasteiger partial charge >= 0.3 is 6.03 Å². The van der Waals surface area contributed by atoms with Gasteiger partial charge in [0.1, 0.15) is 12.4 Å². The fourth-order valence-corrected chi connectivity index (χ4v) is 5.52. The molecule has 0 aliphatic carbocycles. The van der Waals surface area contributed by atoms with Gasteiger partial charge in [0.25, 0.3) is 0 Å². The number of urea groups is 1. The Morgan fingerprint density at radius 3 is 2.45 bits per heavy atom. The van der Waals surface area contributed by atoms with Crippen LogP contribution in [0.1, 0.15) is 16.7 Å². The second-order valence-electron chi connectivity index (χ2n) is 7.38. The number of ether oxygens (including phenoxy) is 1. The largest absolute Gasteiger partial charge is 0.487 e. The maximum Gasteiger partial charge on any atom is 0.339 e. The summed E-state index contributed by atoms with van der Waals surface area (Å²) in [4.78, 5) is 12.1. The summed E-state index contributed by atoms with van der Waals surface area (Å²) in [6.07, 6.45) is 1.62. The number of halogens is 2. The molecule has 0 aromatic heterocycles. The van der Waals surface area contributed by atoms with Crippen molar-refractivity contribution in [3.63, 3.8) is 0 Å². The van der Waals surface area contributed by atoms with E-state index in [-0.39, 0.29) is 6.03 Å². The van der Waals surface area contributed by atoms with Gasteiger partial charge in [0.2, 0.25) is 0 Å². The standard InChI is InChI=1S/C26H21I2N3O2/c1-17-7-2-5-12-24(17)30-26(32)31-29-15-18-13-22(27)25(23(28)14-18)33-16-20-10-6-9-19-8-3-4-11-21(19)20/h2-15H,16H2,1H3,(H2,30,31,32). The maximum absolute atomic E-state index is 12.1. The Bertz CT molecular complexity index is 1310. The quantitative estimate of drug-likeness (QED) is 0.132. The molecule has 0 atom stereocenters. The number of rotatable bonds is 6. The molecule has 2 N–H and O–H groups in total. The van der Waals surface area contributed by atoms with E-state index in [0.29, 0.717) is 6.61 Å². The number of hydrogen-bond donors (Lipinski definition) is 2. The highest BCUT2D eigenvalue weighted by Crippen LogP contribution is 2.30. The van der Waals surface area contributed by atoms with Crippen molar-refractivity contribution >= 4 is 73.9 Å². The van der Waals surface area contributed by atoms with Crippen molar-refractivity contribution in [3.05, 3.63) is 103 Å². The summed E-state index contributed by atoms with van der Waals surface area (Å²) in [6.45, 7) is 2.42. The molecule has 2 amide bonds. The van der Waals surface area contributed by atoms with Crippen LogP contribution in [-0.4, -0.2) is 12.2 Å². The van der Waals surface area contributed by atoms with E-state index in [4.69, 9.17) is 4.74 Å². The van der Waals surface area contributed by atoms with Crippen LogP contribution in [0.5, 0.6) is 5.75 Å². The number of benzene rings is 4. The molecule has 0 aliphatic heterocycles. The smallest absolute Gasteiger partial charge is 0.339 e. The summed E-state index contributed by atoms with van der Waals surface area (Å²) >= 11 is 4.53. The number of fused-ring (bicyclic) bond motifs is 1. The van der Waals surface area contributed by atoms with Crippen LogP contribution >= 0.6 is 45.2 Å². The fourth-order valence-electron chi connectivity index (χ4n) is 3.39. The number of amides is 2. The van der Waals surface area contributed by atoms with Gasteiger partial charge in [-0.25, -0.2) is 10.2 Å². The Kier molecular flexibility index (Phi) is 7.81. The summed E-state index contributed by atoms with van der Waals surface area (Å²) < 4.78 is 8.15. The van der Waals surface area contributed by atoms with E-state index in [1.807, 2.05) is 55.5 Å². The number of hydrazone groups is 1. The number of anilines is 1. The van der Waals surface area contributed by atoms with Crippen LogP contribution in [-0.2, 0) is 6.61 Å². The summed E-state index contributed by atoms with van der Waals surface area (Å²) in [6, 6.07) is 25.7.